The van der Waals surface area contributed by atoms with Crippen LogP contribution in [0.2, 0.25) is 5.15 Å². The van der Waals surface area contributed by atoms with Gasteiger partial charge in [-0.05, 0) is 13.3 Å². The average Bonchev–Trinajstić information content (AvgIpc) is 2.34. The van der Waals surface area contributed by atoms with Gasteiger partial charge < -0.3 is 15.1 Å². The lowest BCUT2D eigenvalue weighted by atomic mass is 10.2. The molecule has 102 valence electrons. The Balaban J connectivity index is 3.09. The number of aliphatic hydroxyl groups excluding tert-OH is 2. The number of anilines is 1. The van der Waals surface area contributed by atoms with Gasteiger partial charge in [-0.3, -0.25) is 0 Å². The third kappa shape index (κ3) is 3.80. The van der Waals surface area contributed by atoms with Crippen LogP contribution in [-0.4, -0.2) is 46.5 Å². The minimum absolute atomic E-state index is 0.00414. The lowest BCUT2D eigenvalue weighted by molar-refractivity contribution is 0.280. The average molecular weight is 274 g/mol. The first-order chi connectivity index (χ1) is 8.63. The molecule has 1 aromatic rings. The molecule has 0 spiro atoms. The highest BCUT2D eigenvalue weighted by Crippen LogP contribution is 2.23. The molecule has 6 heteroatoms. The molecule has 2 N–H and O–H groups in total. The second kappa shape index (κ2) is 7.51. The summed E-state index contributed by atoms with van der Waals surface area (Å²) in [4.78, 5) is 10.5. The maximum Gasteiger partial charge on any atom is 0.137 e. The molecule has 0 amide bonds. The molecule has 0 aliphatic carbocycles. The van der Waals surface area contributed by atoms with Gasteiger partial charge in [0.1, 0.15) is 16.8 Å². The first-order valence-electron chi connectivity index (χ1n) is 6.13. The van der Waals surface area contributed by atoms with Crippen LogP contribution in [0.15, 0.2) is 0 Å². The van der Waals surface area contributed by atoms with Crippen LogP contribution < -0.4 is 4.90 Å². The molecular formula is C12H20ClN3O2. The minimum atomic E-state index is 0.00414. The molecule has 0 aromatic carbocycles. The Morgan fingerprint density at radius 2 is 1.78 bits per heavy atom. The third-order valence-corrected chi connectivity index (χ3v) is 2.99. The Kier molecular flexibility index (Phi) is 6.32. The van der Waals surface area contributed by atoms with Gasteiger partial charge in [-0.15, -0.1) is 0 Å². The van der Waals surface area contributed by atoms with Crippen LogP contribution in [0.3, 0.4) is 0 Å². The first kappa shape index (κ1) is 15.1. The van der Waals surface area contributed by atoms with E-state index in [4.69, 9.17) is 21.8 Å². The number of hydrogen-bond donors (Lipinski definition) is 2. The van der Waals surface area contributed by atoms with E-state index < -0.39 is 0 Å². The predicted molar refractivity (Wildman–Crippen MR) is 72.2 cm³/mol. The van der Waals surface area contributed by atoms with Crippen molar-refractivity contribution in [2.24, 2.45) is 0 Å². The van der Waals surface area contributed by atoms with E-state index in [1.807, 2.05) is 11.8 Å². The summed E-state index contributed by atoms with van der Waals surface area (Å²) >= 11 is 6.10. The molecule has 0 bridgehead atoms. The minimum Gasteiger partial charge on any atom is -0.395 e. The zero-order valence-corrected chi connectivity index (χ0v) is 11.6. The highest BCUT2D eigenvalue weighted by Gasteiger charge is 2.15. The van der Waals surface area contributed by atoms with Crippen molar-refractivity contribution in [1.29, 1.82) is 0 Å². The highest BCUT2D eigenvalue weighted by atomic mass is 35.5. The standard InChI is InChI=1S/C12H20ClN3O2/c1-3-4-10-14-11(13)9(2)12(15-10)16(5-7-17)6-8-18/h17-18H,3-8H2,1-2H3. The van der Waals surface area contributed by atoms with Crippen LogP contribution in [0.5, 0.6) is 0 Å². The van der Waals surface area contributed by atoms with E-state index in [2.05, 4.69) is 16.9 Å². The van der Waals surface area contributed by atoms with E-state index in [1.54, 1.807) is 0 Å². The van der Waals surface area contributed by atoms with Gasteiger partial charge in [0, 0.05) is 25.1 Å². The Bertz CT molecular complexity index is 382. The molecule has 0 aliphatic heterocycles. The van der Waals surface area contributed by atoms with Gasteiger partial charge in [0.05, 0.1) is 13.2 Å². The van der Waals surface area contributed by atoms with Crippen molar-refractivity contribution in [3.05, 3.63) is 16.5 Å². The summed E-state index contributed by atoms with van der Waals surface area (Å²) in [5, 5.41) is 18.6. The highest BCUT2D eigenvalue weighted by molar-refractivity contribution is 6.30. The SMILES string of the molecule is CCCc1nc(Cl)c(C)c(N(CCO)CCO)n1. The molecule has 0 saturated heterocycles. The summed E-state index contributed by atoms with van der Waals surface area (Å²) < 4.78 is 0. The molecule has 0 radical (unpaired) electrons. The van der Waals surface area contributed by atoms with Gasteiger partial charge in [-0.2, -0.15) is 0 Å². The summed E-state index contributed by atoms with van der Waals surface area (Å²) in [5.41, 5.74) is 0.776. The van der Waals surface area contributed by atoms with Crippen LogP contribution in [0, 0.1) is 6.92 Å². The fourth-order valence-corrected chi connectivity index (χ4v) is 1.91. The first-order valence-corrected chi connectivity index (χ1v) is 6.51. The lowest BCUT2D eigenvalue weighted by Gasteiger charge is -2.24. The van der Waals surface area contributed by atoms with Crippen LogP contribution in [0.4, 0.5) is 5.82 Å². The predicted octanol–water partition coefficient (Wildman–Crippen LogP) is 1.18. The van der Waals surface area contributed by atoms with E-state index in [0.29, 0.717) is 29.9 Å². The summed E-state index contributed by atoms with van der Waals surface area (Å²) in [7, 11) is 0. The molecule has 18 heavy (non-hydrogen) atoms. The fourth-order valence-electron chi connectivity index (χ4n) is 1.73. The quantitative estimate of drug-likeness (QED) is 0.730. The maximum atomic E-state index is 9.06. The summed E-state index contributed by atoms with van der Waals surface area (Å²) in [6.07, 6.45) is 1.71. The molecule has 1 heterocycles. The molecule has 1 rings (SSSR count). The Morgan fingerprint density at radius 3 is 2.28 bits per heavy atom. The van der Waals surface area contributed by atoms with Crippen molar-refractivity contribution in [1.82, 2.24) is 9.97 Å². The molecular weight excluding hydrogens is 254 g/mol. The van der Waals surface area contributed by atoms with E-state index in [1.165, 1.54) is 0 Å². The number of aryl methyl sites for hydroxylation is 1. The lowest BCUT2D eigenvalue weighted by Crippen LogP contribution is -2.31. The van der Waals surface area contributed by atoms with Gasteiger partial charge in [0.2, 0.25) is 0 Å². The van der Waals surface area contributed by atoms with E-state index in [-0.39, 0.29) is 13.2 Å². The van der Waals surface area contributed by atoms with Crippen LogP contribution in [0.1, 0.15) is 24.7 Å². The molecule has 0 fully saturated rings. The van der Waals surface area contributed by atoms with Crippen molar-refractivity contribution in [2.75, 3.05) is 31.2 Å². The van der Waals surface area contributed by atoms with E-state index in [9.17, 15) is 0 Å². The van der Waals surface area contributed by atoms with Crippen molar-refractivity contribution >= 4 is 17.4 Å². The summed E-state index contributed by atoms with van der Waals surface area (Å²) in [5.74, 6) is 1.39. The number of aromatic nitrogens is 2. The number of nitrogens with zero attached hydrogens (tertiary/aromatic N) is 3. The monoisotopic (exact) mass is 273 g/mol. The van der Waals surface area contributed by atoms with Crippen molar-refractivity contribution < 1.29 is 10.2 Å². The number of hydrogen-bond acceptors (Lipinski definition) is 5. The van der Waals surface area contributed by atoms with E-state index >= 15 is 0 Å². The molecule has 0 unspecified atom stereocenters. The Hall–Kier alpha value is -0.910. The summed E-state index contributed by atoms with van der Waals surface area (Å²) in [6.45, 7) is 4.74. The number of aliphatic hydroxyl groups is 2. The Labute approximate surface area is 112 Å². The fraction of sp³-hybridized carbons (Fsp3) is 0.667. The van der Waals surface area contributed by atoms with Gasteiger partial charge >= 0.3 is 0 Å². The second-order valence-electron chi connectivity index (χ2n) is 4.06. The third-order valence-electron chi connectivity index (χ3n) is 2.62. The zero-order valence-electron chi connectivity index (χ0n) is 10.9. The van der Waals surface area contributed by atoms with E-state index in [0.717, 1.165) is 18.4 Å². The van der Waals surface area contributed by atoms with Gasteiger partial charge in [-0.25, -0.2) is 9.97 Å². The largest absolute Gasteiger partial charge is 0.395 e. The van der Waals surface area contributed by atoms with Crippen molar-refractivity contribution in [3.63, 3.8) is 0 Å². The van der Waals surface area contributed by atoms with Crippen molar-refractivity contribution in [2.45, 2.75) is 26.7 Å². The van der Waals surface area contributed by atoms with Gasteiger partial charge in [-0.1, -0.05) is 18.5 Å². The molecule has 1 aromatic heterocycles. The number of rotatable bonds is 7. The molecule has 0 saturated carbocycles. The maximum absolute atomic E-state index is 9.06. The van der Waals surface area contributed by atoms with Crippen LogP contribution >= 0.6 is 11.6 Å². The molecule has 5 nitrogen and oxygen atoms in total. The molecule has 0 atom stereocenters. The Morgan fingerprint density at radius 1 is 1.17 bits per heavy atom. The number of halogens is 1. The molecule has 0 aliphatic rings. The smallest absolute Gasteiger partial charge is 0.137 e. The van der Waals surface area contributed by atoms with Gasteiger partial charge in [0.25, 0.3) is 0 Å². The normalized spacial score (nSPS) is 10.7. The van der Waals surface area contributed by atoms with Crippen LogP contribution in [0.25, 0.3) is 0 Å². The second-order valence-corrected chi connectivity index (χ2v) is 4.42. The van der Waals surface area contributed by atoms with Crippen molar-refractivity contribution in [3.8, 4) is 0 Å². The zero-order chi connectivity index (χ0) is 13.5. The summed E-state index contributed by atoms with van der Waals surface area (Å²) in [6, 6.07) is 0. The van der Waals surface area contributed by atoms with Gasteiger partial charge in [0.15, 0.2) is 0 Å². The van der Waals surface area contributed by atoms with Crippen LogP contribution in [-0.2, 0) is 6.42 Å². The topological polar surface area (TPSA) is 69.5 Å².